The fourth-order valence-electron chi connectivity index (χ4n) is 3.03. The monoisotopic (exact) mass is 267 g/mol. The molecule has 20 heavy (non-hydrogen) atoms. The summed E-state index contributed by atoms with van der Waals surface area (Å²) in [7, 11) is 2.02. The molecule has 1 aliphatic heterocycles. The van der Waals surface area contributed by atoms with Gasteiger partial charge in [-0.1, -0.05) is 30.3 Å². The summed E-state index contributed by atoms with van der Waals surface area (Å²) in [6.07, 6.45) is 2.96. The summed E-state index contributed by atoms with van der Waals surface area (Å²) in [5.41, 5.74) is 4.13. The topological polar surface area (TPSA) is 28.2 Å². The number of fused-ring (bicyclic) bond motifs is 1. The molecular weight excluding hydrogens is 246 g/mol. The molecule has 3 rings (SSSR count). The predicted molar refractivity (Wildman–Crippen MR) is 83.0 cm³/mol. The van der Waals surface area contributed by atoms with Crippen LogP contribution < -0.4 is 10.2 Å². The second-order valence-corrected chi connectivity index (χ2v) is 5.46. The van der Waals surface area contributed by atoms with E-state index in [1.54, 1.807) is 0 Å². The summed E-state index contributed by atoms with van der Waals surface area (Å²) in [4.78, 5) is 7.04. The van der Waals surface area contributed by atoms with Gasteiger partial charge in [0, 0.05) is 25.3 Å². The van der Waals surface area contributed by atoms with Crippen molar-refractivity contribution in [1.82, 2.24) is 10.3 Å². The van der Waals surface area contributed by atoms with Crippen LogP contribution in [0.25, 0.3) is 0 Å². The zero-order valence-corrected chi connectivity index (χ0v) is 12.1. The zero-order valence-electron chi connectivity index (χ0n) is 12.1. The molecule has 0 saturated carbocycles. The van der Waals surface area contributed by atoms with Gasteiger partial charge in [-0.15, -0.1) is 0 Å². The maximum Gasteiger partial charge on any atom is 0.132 e. The zero-order chi connectivity index (χ0) is 13.9. The number of nitrogens with zero attached hydrogens (tertiary/aromatic N) is 2. The van der Waals surface area contributed by atoms with Gasteiger partial charge in [-0.3, -0.25) is 0 Å². The van der Waals surface area contributed by atoms with E-state index in [4.69, 9.17) is 0 Å². The van der Waals surface area contributed by atoms with Crippen molar-refractivity contribution in [2.75, 3.05) is 18.5 Å². The molecule has 0 fully saturated rings. The molecule has 0 spiro atoms. The normalized spacial score (nSPS) is 17.9. The molecule has 1 N–H and O–H groups in total. The third kappa shape index (κ3) is 2.41. The average Bonchev–Trinajstić information content (AvgIpc) is 2.48. The lowest BCUT2D eigenvalue weighted by Crippen LogP contribution is -2.46. The van der Waals surface area contributed by atoms with E-state index < -0.39 is 0 Å². The smallest absolute Gasteiger partial charge is 0.132 e. The van der Waals surface area contributed by atoms with Crippen LogP contribution in [0.4, 0.5) is 5.82 Å². The van der Waals surface area contributed by atoms with Crippen LogP contribution in [0.3, 0.4) is 0 Å². The van der Waals surface area contributed by atoms with Gasteiger partial charge in [-0.05, 0) is 43.1 Å². The van der Waals surface area contributed by atoms with Crippen molar-refractivity contribution in [1.29, 1.82) is 0 Å². The Labute approximate surface area is 120 Å². The predicted octanol–water partition coefficient (Wildman–Crippen LogP) is 2.54. The van der Waals surface area contributed by atoms with Gasteiger partial charge in [-0.25, -0.2) is 4.98 Å². The number of pyridine rings is 1. The van der Waals surface area contributed by atoms with E-state index in [1.807, 2.05) is 19.3 Å². The Kier molecular flexibility index (Phi) is 3.70. The Morgan fingerprint density at radius 1 is 1.20 bits per heavy atom. The average molecular weight is 267 g/mol. The maximum absolute atomic E-state index is 4.61. The van der Waals surface area contributed by atoms with E-state index in [-0.39, 0.29) is 0 Å². The first kappa shape index (κ1) is 13.1. The number of anilines is 1. The van der Waals surface area contributed by atoms with E-state index in [9.17, 15) is 0 Å². The number of aryl methyl sites for hydroxylation is 1. The first-order chi connectivity index (χ1) is 9.79. The lowest BCUT2D eigenvalue weighted by Gasteiger charge is -2.38. The molecule has 2 aromatic rings. The molecular formula is C17H21N3. The molecule has 0 amide bonds. The number of hydrogen-bond donors (Lipinski definition) is 1. The molecule has 1 aromatic heterocycles. The molecule has 0 saturated heterocycles. The molecule has 3 nitrogen and oxygen atoms in total. The molecule has 0 aliphatic carbocycles. The minimum Gasteiger partial charge on any atom is -0.347 e. The van der Waals surface area contributed by atoms with Gasteiger partial charge >= 0.3 is 0 Å². The summed E-state index contributed by atoms with van der Waals surface area (Å²) in [5, 5.41) is 3.32. The molecule has 0 radical (unpaired) electrons. The van der Waals surface area contributed by atoms with Crippen LogP contribution in [-0.4, -0.2) is 24.6 Å². The van der Waals surface area contributed by atoms with Gasteiger partial charge in [0.15, 0.2) is 0 Å². The largest absolute Gasteiger partial charge is 0.347 e. The molecule has 104 valence electrons. The number of hydrogen-bond acceptors (Lipinski definition) is 3. The standard InChI is InChI=1S/C17H21N3/c1-13-6-5-9-19-17(13)20-12-15-8-4-3-7-14(15)10-16(20)11-18-2/h3-9,16,18H,10-12H2,1-2H3. The number of likely N-dealkylation sites (N-methyl/N-ethyl adjacent to an activating group) is 1. The SMILES string of the molecule is CNCC1Cc2ccccc2CN1c1ncccc1C. The molecule has 3 heteroatoms. The van der Waals surface area contributed by atoms with E-state index in [0.29, 0.717) is 6.04 Å². The van der Waals surface area contributed by atoms with E-state index in [0.717, 1.165) is 25.3 Å². The van der Waals surface area contributed by atoms with Crippen LogP contribution in [0.15, 0.2) is 42.6 Å². The van der Waals surface area contributed by atoms with Crippen molar-refractivity contribution in [3.05, 3.63) is 59.3 Å². The van der Waals surface area contributed by atoms with Gasteiger partial charge < -0.3 is 10.2 Å². The number of benzene rings is 1. The van der Waals surface area contributed by atoms with Crippen molar-refractivity contribution >= 4 is 5.82 Å². The summed E-state index contributed by atoms with van der Waals surface area (Å²) < 4.78 is 0. The molecule has 1 aromatic carbocycles. The minimum atomic E-state index is 0.462. The third-order valence-corrected chi connectivity index (χ3v) is 4.05. The highest BCUT2D eigenvalue weighted by molar-refractivity contribution is 5.50. The van der Waals surface area contributed by atoms with Gasteiger partial charge in [-0.2, -0.15) is 0 Å². The van der Waals surface area contributed by atoms with Gasteiger partial charge in [0.05, 0.1) is 0 Å². The second-order valence-electron chi connectivity index (χ2n) is 5.46. The lowest BCUT2D eigenvalue weighted by atomic mass is 9.93. The fourth-order valence-corrected chi connectivity index (χ4v) is 3.03. The third-order valence-electron chi connectivity index (χ3n) is 4.05. The molecule has 2 heterocycles. The molecule has 1 unspecified atom stereocenters. The maximum atomic E-state index is 4.61. The Balaban J connectivity index is 1.98. The van der Waals surface area contributed by atoms with Crippen molar-refractivity contribution in [2.24, 2.45) is 0 Å². The summed E-state index contributed by atoms with van der Waals surface area (Å²) >= 11 is 0. The Morgan fingerprint density at radius 2 is 2.00 bits per heavy atom. The van der Waals surface area contributed by atoms with E-state index >= 15 is 0 Å². The van der Waals surface area contributed by atoms with Crippen molar-refractivity contribution in [2.45, 2.75) is 25.9 Å². The van der Waals surface area contributed by atoms with Crippen molar-refractivity contribution in [3.8, 4) is 0 Å². The van der Waals surface area contributed by atoms with Gasteiger partial charge in [0.2, 0.25) is 0 Å². The Bertz CT molecular complexity index is 594. The minimum absolute atomic E-state index is 0.462. The van der Waals surface area contributed by atoms with Crippen LogP contribution in [0.5, 0.6) is 0 Å². The highest BCUT2D eigenvalue weighted by Gasteiger charge is 2.27. The van der Waals surface area contributed by atoms with E-state index in [2.05, 4.69) is 52.5 Å². The highest BCUT2D eigenvalue weighted by atomic mass is 15.2. The summed E-state index contributed by atoms with van der Waals surface area (Å²) in [6, 6.07) is 13.3. The number of aromatic nitrogens is 1. The van der Waals surface area contributed by atoms with Crippen LogP contribution in [0.2, 0.25) is 0 Å². The van der Waals surface area contributed by atoms with Gasteiger partial charge in [0.25, 0.3) is 0 Å². The second kappa shape index (κ2) is 5.63. The van der Waals surface area contributed by atoms with Crippen LogP contribution in [0.1, 0.15) is 16.7 Å². The Morgan fingerprint density at radius 3 is 2.75 bits per heavy atom. The number of rotatable bonds is 3. The van der Waals surface area contributed by atoms with Crippen molar-refractivity contribution < 1.29 is 0 Å². The van der Waals surface area contributed by atoms with Crippen molar-refractivity contribution in [3.63, 3.8) is 0 Å². The summed E-state index contributed by atoms with van der Waals surface area (Å²) in [6.45, 7) is 4.06. The van der Waals surface area contributed by atoms with Crippen LogP contribution in [0, 0.1) is 6.92 Å². The first-order valence-electron chi connectivity index (χ1n) is 7.19. The number of nitrogens with one attached hydrogen (secondary N) is 1. The Hall–Kier alpha value is -1.87. The van der Waals surface area contributed by atoms with Crippen LogP contribution >= 0.6 is 0 Å². The first-order valence-corrected chi connectivity index (χ1v) is 7.19. The summed E-state index contributed by atoms with van der Waals surface area (Å²) in [5.74, 6) is 1.11. The molecule has 1 aliphatic rings. The highest BCUT2D eigenvalue weighted by Crippen LogP contribution is 2.28. The van der Waals surface area contributed by atoms with Crippen LogP contribution in [-0.2, 0) is 13.0 Å². The lowest BCUT2D eigenvalue weighted by molar-refractivity contribution is 0.522. The molecule has 0 bridgehead atoms. The van der Waals surface area contributed by atoms with E-state index in [1.165, 1.54) is 16.7 Å². The van der Waals surface area contributed by atoms with Gasteiger partial charge in [0.1, 0.15) is 5.82 Å². The fraction of sp³-hybridized carbons (Fsp3) is 0.353. The molecule has 1 atom stereocenters. The quantitative estimate of drug-likeness (QED) is 0.926.